The Morgan fingerprint density at radius 3 is 2.77 bits per heavy atom. The van der Waals surface area contributed by atoms with Crippen molar-refractivity contribution < 1.29 is 14.3 Å². The topological polar surface area (TPSA) is 99.0 Å². The Labute approximate surface area is 153 Å². The third-order valence-corrected chi connectivity index (χ3v) is 4.54. The third-order valence-electron chi connectivity index (χ3n) is 3.41. The summed E-state index contributed by atoms with van der Waals surface area (Å²) in [5, 5.41) is 15.4. The second kappa shape index (κ2) is 7.87. The van der Waals surface area contributed by atoms with E-state index in [9.17, 15) is 9.59 Å². The molecular weight excluding hydrogens is 354 g/mol. The van der Waals surface area contributed by atoms with Gasteiger partial charge in [0, 0.05) is 5.56 Å². The largest absolute Gasteiger partial charge is 0.462 e. The predicted octanol–water partition coefficient (Wildman–Crippen LogP) is 2.53. The van der Waals surface area contributed by atoms with Gasteiger partial charge < -0.3 is 10.1 Å². The normalized spacial score (nSPS) is 10.5. The van der Waals surface area contributed by atoms with Crippen LogP contribution in [0.5, 0.6) is 0 Å². The van der Waals surface area contributed by atoms with Gasteiger partial charge in [-0.25, -0.2) is 4.79 Å². The van der Waals surface area contributed by atoms with E-state index in [1.807, 2.05) is 30.3 Å². The van der Waals surface area contributed by atoms with Crippen molar-refractivity contribution >= 4 is 28.2 Å². The molecule has 3 rings (SSSR count). The first-order valence-corrected chi connectivity index (χ1v) is 8.79. The molecule has 0 aliphatic rings. The van der Waals surface area contributed by atoms with Gasteiger partial charge in [0.05, 0.1) is 11.6 Å². The van der Waals surface area contributed by atoms with Gasteiger partial charge in [-0.1, -0.05) is 30.3 Å². The van der Waals surface area contributed by atoms with Crippen molar-refractivity contribution in [1.82, 2.24) is 20.2 Å². The summed E-state index contributed by atoms with van der Waals surface area (Å²) in [6.45, 7) is 3.77. The maximum Gasteiger partial charge on any atom is 0.348 e. The lowest BCUT2D eigenvalue weighted by atomic mass is 10.2. The molecule has 0 atom stereocenters. The quantitative estimate of drug-likeness (QED) is 0.669. The summed E-state index contributed by atoms with van der Waals surface area (Å²) in [5.74, 6) is -0.241. The molecule has 2 heterocycles. The molecule has 0 unspecified atom stereocenters. The number of thiophene rings is 1. The summed E-state index contributed by atoms with van der Waals surface area (Å²) >= 11 is 1.18. The molecule has 0 radical (unpaired) electrons. The second-order valence-electron chi connectivity index (χ2n) is 5.40. The van der Waals surface area contributed by atoms with E-state index in [1.165, 1.54) is 16.1 Å². The van der Waals surface area contributed by atoms with E-state index in [2.05, 4.69) is 20.7 Å². The molecule has 0 aliphatic carbocycles. The van der Waals surface area contributed by atoms with Crippen molar-refractivity contribution in [1.29, 1.82) is 0 Å². The minimum absolute atomic E-state index is 0.0779. The number of aryl methyl sites for hydroxylation is 1. The van der Waals surface area contributed by atoms with Crippen LogP contribution in [0.25, 0.3) is 11.4 Å². The second-order valence-corrected chi connectivity index (χ2v) is 6.45. The number of hydrogen-bond acceptors (Lipinski definition) is 7. The molecule has 2 aromatic heterocycles. The zero-order valence-corrected chi connectivity index (χ0v) is 15.1. The standard InChI is InChI=1S/C17H17N5O3S/c1-3-25-17(24)15-11(2)9-14(26-15)18-13(23)10-22-20-16(19-21-22)12-7-5-4-6-8-12/h4-9H,3,10H2,1-2H3,(H,18,23). The van der Waals surface area contributed by atoms with Crippen LogP contribution in [-0.2, 0) is 16.1 Å². The Kier molecular flexibility index (Phi) is 5.37. The van der Waals surface area contributed by atoms with Crippen LogP contribution in [0.2, 0.25) is 0 Å². The van der Waals surface area contributed by atoms with Crippen molar-refractivity contribution in [2.75, 3.05) is 11.9 Å². The molecule has 0 bridgehead atoms. The third kappa shape index (κ3) is 4.12. The highest BCUT2D eigenvalue weighted by molar-refractivity contribution is 7.18. The minimum atomic E-state index is -0.388. The molecule has 1 amide bonds. The average Bonchev–Trinajstić information content (AvgIpc) is 3.22. The van der Waals surface area contributed by atoms with Crippen LogP contribution in [-0.4, -0.2) is 38.7 Å². The first-order valence-electron chi connectivity index (χ1n) is 7.97. The Balaban J connectivity index is 1.64. The van der Waals surface area contributed by atoms with Crippen LogP contribution in [0.1, 0.15) is 22.2 Å². The SMILES string of the molecule is CCOC(=O)c1sc(NC(=O)Cn2nnc(-c3ccccc3)n2)cc1C. The van der Waals surface area contributed by atoms with Gasteiger partial charge in [0.15, 0.2) is 0 Å². The van der Waals surface area contributed by atoms with Crippen LogP contribution in [0.4, 0.5) is 5.00 Å². The lowest BCUT2D eigenvalue weighted by Gasteiger charge is -2.01. The first-order chi connectivity index (χ1) is 12.6. The van der Waals surface area contributed by atoms with Crippen LogP contribution < -0.4 is 5.32 Å². The molecule has 26 heavy (non-hydrogen) atoms. The number of rotatable bonds is 6. The number of nitrogens with zero attached hydrogens (tertiary/aromatic N) is 4. The summed E-state index contributed by atoms with van der Waals surface area (Å²) in [4.78, 5) is 25.7. The Hall–Kier alpha value is -3.07. The molecule has 8 nitrogen and oxygen atoms in total. The van der Waals surface area contributed by atoms with Crippen LogP contribution in [0.15, 0.2) is 36.4 Å². The molecule has 9 heteroatoms. The van der Waals surface area contributed by atoms with Crippen LogP contribution in [0.3, 0.4) is 0 Å². The fourth-order valence-electron chi connectivity index (χ4n) is 2.26. The van der Waals surface area contributed by atoms with E-state index in [0.29, 0.717) is 22.3 Å². The number of amides is 1. The van der Waals surface area contributed by atoms with Gasteiger partial charge in [-0.05, 0) is 30.7 Å². The van der Waals surface area contributed by atoms with Crippen molar-refractivity contribution in [3.8, 4) is 11.4 Å². The van der Waals surface area contributed by atoms with Crippen LogP contribution >= 0.6 is 11.3 Å². The van der Waals surface area contributed by atoms with E-state index in [1.54, 1.807) is 19.9 Å². The predicted molar refractivity (Wildman–Crippen MR) is 96.9 cm³/mol. The number of benzene rings is 1. The first kappa shape index (κ1) is 17.7. The zero-order chi connectivity index (χ0) is 18.5. The van der Waals surface area contributed by atoms with Crippen molar-refractivity contribution in [2.45, 2.75) is 20.4 Å². The number of hydrogen-bond donors (Lipinski definition) is 1. The molecule has 0 saturated heterocycles. The maximum absolute atomic E-state index is 12.2. The molecule has 3 aromatic rings. The van der Waals surface area contributed by atoms with Gasteiger partial charge >= 0.3 is 5.97 Å². The number of nitrogens with one attached hydrogen (secondary N) is 1. The van der Waals surface area contributed by atoms with E-state index < -0.39 is 0 Å². The molecule has 0 fully saturated rings. The molecule has 1 aromatic carbocycles. The summed E-state index contributed by atoms with van der Waals surface area (Å²) in [6, 6.07) is 11.1. The number of carbonyl (C=O) groups is 2. The molecular formula is C17H17N5O3S. The Bertz CT molecular complexity index is 920. The smallest absolute Gasteiger partial charge is 0.348 e. The van der Waals surface area contributed by atoms with E-state index >= 15 is 0 Å². The van der Waals surface area contributed by atoms with E-state index in [-0.39, 0.29) is 18.4 Å². The van der Waals surface area contributed by atoms with E-state index in [0.717, 1.165) is 11.1 Å². The molecule has 0 aliphatic heterocycles. The van der Waals surface area contributed by atoms with Gasteiger partial charge in [0.1, 0.15) is 11.4 Å². The fraction of sp³-hybridized carbons (Fsp3) is 0.235. The highest BCUT2D eigenvalue weighted by Gasteiger charge is 2.16. The van der Waals surface area contributed by atoms with Crippen molar-refractivity contribution in [2.24, 2.45) is 0 Å². The summed E-state index contributed by atoms with van der Waals surface area (Å²) in [7, 11) is 0. The number of ether oxygens (including phenoxy) is 1. The number of carbonyl (C=O) groups excluding carboxylic acids is 2. The lowest BCUT2D eigenvalue weighted by Crippen LogP contribution is -2.20. The number of tetrazole rings is 1. The summed E-state index contributed by atoms with van der Waals surface area (Å²) < 4.78 is 4.99. The Morgan fingerprint density at radius 2 is 2.04 bits per heavy atom. The highest BCUT2D eigenvalue weighted by Crippen LogP contribution is 2.27. The zero-order valence-electron chi connectivity index (χ0n) is 14.3. The summed E-state index contributed by atoms with van der Waals surface area (Å²) in [5.41, 5.74) is 1.58. The van der Waals surface area contributed by atoms with Crippen molar-refractivity contribution in [3.63, 3.8) is 0 Å². The fourth-order valence-corrected chi connectivity index (χ4v) is 3.24. The maximum atomic E-state index is 12.2. The Morgan fingerprint density at radius 1 is 1.27 bits per heavy atom. The minimum Gasteiger partial charge on any atom is -0.462 e. The van der Waals surface area contributed by atoms with Crippen molar-refractivity contribution in [3.05, 3.63) is 46.8 Å². The summed E-state index contributed by atoms with van der Waals surface area (Å²) in [6.07, 6.45) is 0. The van der Waals surface area contributed by atoms with Crippen LogP contribution in [0, 0.1) is 6.92 Å². The number of anilines is 1. The van der Waals surface area contributed by atoms with E-state index in [4.69, 9.17) is 4.74 Å². The monoisotopic (exact) mass is 371 g/mol. The molecule has 1 N–H and O–H groups in total. The van der Waals surface area contributed by atoms with Gasteiger partial charge in [0.2, 0.25) is 11.7 Å². The molecule has 134 valence electrons. The molecule has 0 spiro atoms. The highest BCUT2D eigenvalue weighted by atomic mass is 32.1. The average molecular weight is 371 g/mol. The van der Waals surface area contributed by atoms with Gasteiger partial charge in [-0.3, -0.25) is 4.79 Å². The van der Waals surface area contributed by atoms with Gasteiger partial charge in [-0.2, -0.15) is 4.80 Å². The van der Waals surface area contributed by atoms with Gasteiger partial charge in [0.25, 0.3) is 0 Å². The number of esters is 1. The molecule has 0 saturated carbocycles. The van der Waals surface area contributed by atoms with Gasteiger partial charge in [-0.15, -0.1) is 21.5 Å². The number of aromatic nitrogens is 4. The lowest BCUT2D eigenvalue weighted by molar-refractivity contribution is -0.117.